The summed E-state index contributed by atoms with van der Waals surface area (Å²) in [5, 5.41) is 9.54. The maximum Gasteiger partial charge on any atom is 0.337 e. The molecule has 2 saturated heterocycles. The van der Waals surface area contributed by atoms with E-state index in [4.69, 9.17) is 0 Å². The number of carbonyl (C=O) groups is 2. The van der Waals surface area contributed by atoms with Gasteiger partial charge in [-0.15, -0.1) is 0 Å². The molecule has 0 aromatic heterocycles. The van der Waals surface area contributed by atoms with Crippen LogP contribution in [0.15, 0.2) is 18.2 Å². The minimum absolute atomic E-state index is 0.0692. The Morgan fingerprint density at radius 2 is 1.65 bits per heavy atom. The monoisotopic (exact) mass is 452 g/mol. The number of piperazine rings is 1. The van der Waals surface area contributed by atoms with Crippen LogP contribution in [0, 0.1) is 0 Å². The summed E-state index contributed by atoms with van der Waals surface area (Å²) in [6.45, 7) is 6.40. The van der Waals surface area contributed by atoms with Crippen LogP contribution in [0.3, 0.4) is 0 Å². The molecule has 0 radical (unpaired) electrons. The number of sulfonamides is 1. The lowest BCUT2D eigenvalue weighted by atomic mass is 10.1. The fraction of sp³-hybridized carbons (Fsp3) is 0.619. The van der Waals surface area contributed by atoms with Crippen LogP contribution in [-0.2, 0) is 14.8 Å². The van der Waals surface area contributed by atoms with E-state index < -0.39 is 16.0 Å². The molecule has 0 bridgehead atoms. The average molecular weight is 453 g/mol. The van der Waals surface area contributed by atoms with E-state index in [9.17, 15) is 23.1 Å². The zero-order valence-corrected chi connectivity index (χ0v) is 18.9. The number of amides is 1. The standard InChI is InChI=1S/C21H32N4O5S/c1-2-31(29,30)22-19-8-7-17(15-18(19)21(27)28)24-13-11-23(12-14-24)16-20(26)25-9-5-3-4-6-10-25/h7-8,15,22H,2-6,9-14,16H2,1H3,(H,27,28). The number of hydrogen-bond acceptors (Lipinski definition) is 6. The van der Waals surface area contributed by atoms with E-state index in [-0.39, 0.29) is 22.9 Å². The molecule has 2 fully saturated rings. The average Bonchev–Trinajstić information content (AvgIpc) is 3.04. The van der Waals surface area contributed by atoms with Gasteiger partial charge in [-0.05, 0) is 38.0 Å². The highest BCUT2D eigenvalue weighted by molar-refractivity contribution is 7.92. The van der Waals surface area contributed by atoms with Crippen LogP contribution in [0.2, 0.25) is 0 Å². The highest BCUT2D eigenvalue weighted by Crippen LogP contribution is 2.25. The van der Waals surface area contributed by atoms with Crippen molar-refractivity contribution in [2.45, 2.75) is 32.6 Å². The predicted octanol–water partition coefficient (Wildman–Crippen LogP) is 1.67. The van der Waals surface area contributed by atoms with Crippen LogP contribution in [-0.4, -0.2) is 86.8 Å². The number of anilines is 2. The van der Waals surface area contributed by atoms with Crippen LogP contribution in [0.4, 0.5) is 11.4 Å². The molecule has 1 aromatic rings. The predicted molar refractivity (Wildman–Crippen MR) is 120 cm³/mol. The first-order valence-corrected chi connectivity index (χ1v) is 12.6. The van der Waals surface area contributed by atoms with Crippen LogP contribution < -0.4 is 9.62 Å². The van der Waals surface area contributed by atoms with Gasteiger partial charge in [0.05, 0.1) is 23.5 Å². The highest BCUT2D eigenvalue weighted by atomic mass is 32.2. The molecule has 10 heteroatoms. The van der Waals surface area contributed by atoms with Crippen LogP contribution in [0.25, 0.3) is 0 Å². The van der Waals surface area contributed by atoms with Crippen LogP contribution in [0.5, 0.6) is 0 Å². The molecule has 1 amide bonds. The Bertz CT molecular complexity index is 889. The van der Waals surface area contributed by atoms with E-state index in [1.807, 2.05) is 4.90 Å². The second-order valence-corrected chi connectivity index (χ2v) is 10.1. The van der Waals surface area contributed by atoms with Gasteiger partial charge in [0.15, 0.2) is 0 Å². The lowest BCUT2D eigenvalue weighted by Crippen LogP contribution is -2.50. The maximum atomic E-state index is 12.6. The van der Waals surface area contributed by atoms with Crippen molar-refractivity contribution in [3.63, 3.8) is 0 Å². The summed E-state index contributed by atoms with van der Waals surface area (Å²) < 4.78 is 26.0. The number of carboxylic acid groups (broad SMARTS) is 1. The van der Waals surface area contributed by atoms with Crippen LogP contribution >= 0.6 is 0 Å². The lowest BCUT2D eigenvalue weighted by molar-refractivity contribution is -0.132. The third kappa shape index (κ3) is 6.33. The van der Waals surface area contributed by atoms with Crippen molar-refractivity contribution in [1.82, 2.24) is 9.80 Å². The maximum absolute atomic E-state index is 12.6. The van der Waals surface area contributed by atoms with Gasteiger partial charge in [-0.2, -0.15) is 0 Å². The molecule has 3 rings (SSSR count). The summed E-state index contributed by atoms with van der Waals surface area (Å²) in [6, 6.07) is 4.74. The van der Waals surface area contributed by atoms with Crippen molar-refractivity contribution in [2.75, 3.05) is 61.2 Å². The Kier molecular flexibility index (Phi) is 7.77. The van der Waals surface area contributed by atoms with Crippen molar-refractivity contribution in [1.29, 1.82) is 0 Å². The third-order valence-electron chi connectivity index (χ3n) is 5.93. The number of carbonyl (C=O) groups excluding carboxylic acids is 1. The molecule has 1 aromatic carbocycles. The Hall–Kier alpha value is -2.33. The third-order valence-corrected chi connectivity index (χ3v) is 7.23. The summed E-state index contributed by atoms with van der Waals surface area (Å²) in [4.78, 5) is 30.5. The molecule has 0 spiro atoms. The van der Waals surface area contributed by atoms with Crippen molar-refractivity contribution in [3.05, 3.63) is 23.8 Å². The summed E-state index contributed by atoms with van der Waals surface area (Å²) in [5.74, 6) is -1.13. The molecule has 31 heavy (non-hydrogen) atoms. The molecule has 2 heterocycles. The highest BCUT2D eigenvalue weighted by Gasteiger charge is 2.24. The second-order valence-electron chi connectivity index (χ2n) is 8.10. The van der Waals surface area contributed by atoms with Gasteiger partial charge in [0.2, 0.25) is 15.9 Å². The van der Waals surface area contributed by atoms with E-state index in [0.717, 1.165) is 31.6 Å². The van der Waals surface area contributed by atoms with Gasteiger partial charge in [0.1, 0.15) is 0 Å². The zero-order chi connectivity index (χ0) is 22.4. The van der Waals surface area contributed by atoms with Gasteiger partial charge in [-0.1, -0.05) is 12.8 Å². The van der Waals surface area contributed by atoms with E-state index in [0.29, 0.717) is 32.7 Å². The minimum atomic E-state index is -3.57. The van der Waals surface area contributed by atoms with E-state index in [1.165, 1.54) is 31.9 Å². The van der Waals surface area contributed by atoms with Gasteiger partial charge >= 0.3 is 5.97 Å². The topological polar surface area (TPSA) is 110 Å². The summed E-state index contributed by atoms with van der Waals surface area (Å²) in [5.41, 5.74) is 0.725. The van der Waals surface area contributed by atoms with Crippen molar-refractivity contribution < 1.29 is 23.1 Å². The fourth-order valence-corrected chi connectivity index (χ4v) is 4.67. The lowest BCUT2D eigenvalue weighted by Gasteiger charge is -2.36. The van der Waals surface area contributed by atoms with E-state index >= 15 is 0 Å². The second kappa shape index (κ2) is 10.3. The first-order chi connectivity index (χ1) is 14.8. The van der Waals surface area contributed by atoms with Gasteiger partial charge in [0.25, 0.3) is 0 Å². The minimum Gasteiger partial charge on any atom is -0.478 e. The van der Waals surface area contributed by atoms with Gasteiger partial charge in [0, 0.05) is 45.0 Å². The van der Waals surface area contributed by atoms with E-state index in [1.54, 1.807) is 6.07 Å². The number of aromatic carboxylic acids is 1. The largest absolute Gasteiger partial charge is 0.478 e. The number of carboxylic acids is 1. The SMILES string of the molecule is CCS(=O)(=O)Nc1ccc(N2CCN(CC(=O)N3CCCCCC3)CC2)cc1C(=O)O. The molecule has 2 N–H and O–H groups in total. The number of benzene rings is 1. The number of nitrogens with one attached hydrogen (secondary N) is 1. The zero-order valence-electron chi connectivity index (χ0n) is 18.0. The summed E-state index contributed by atoms with van der Waals surface area (Å²) >= 11 is 0. The molecule has 0 atom stereocenters. The molecule has 2 aliphatic rings. The Balaban J connectivity index is 1.60. The Labute approximate surface area is 184 Å². The van der Waals surface area contributed by atoms with Crippen molar-refractivity contribution >= 4 is 33.3 Å². The Morgan fingerprint density at radius 1 is 1.00 bits per heavy atom. The quantitative estimate of drug-likeness (QED) is 0.647. The molecule has 0 aliphatic carbocycles. The smallest absolute Gasteiger partial charge is 0.337 e. The van der Waals surface area contributed by atoms with Gasteiger partial charge < -0.3 is 14.9 Å². The summed E-state index contributed by atoms with van der Waals surface area (Å²) in [7, 11) is -3.57. The summed E-state index contributed by atoms with van der Waals surface area (Å²) in [6.07, 6.45) is 4.55. The molecule has 2 aliphatic heterocycles. The van der Waals surface area contributed by atoms with E-state index in [2.05, 4.69) is 14.5 Å². The van der Waals surface area contributed by atoms with Gasteiger partial charge in [-0.25, -0.2) is 13.2 Å². The normalized spacial score (nSPS) is 18.5. The molecule has 0 saturated carbocycles. The molecular formula is C21H32N4O5S. The molecule has 172 valence electrons. The van der Waals surface area contributed by atoms with Gasteiger partial charge in [-0.3, -0.25) is 14.4 Å². The molecule has 0 unspecified atom stereocenters. The van der Waals surface area contributed by atoms with Crippen molar-refractivity contribution in [3.8, 4) is 0 Å². The molecular weight excluding hydrogens is 420 g/mol. The number of hydrogen-bond donors (Lipinski definition) is 2. The molecule has 9 nitrogen and oxygen atoms in total. The number of nitrogens with zero attached hydrogens (tertiary/aromatic N) is 3. The Morgan fingerprint density at radius 3 is 2.23 bits per heavy atom. The fourth-order valence-electron chi connectivity index (χ4n) is 4.01. The van der Waals surface area contributed by atoms with Crippen LogP contribution in [0.1, 0.15) is 43.0 Å². The number of rotatable bonds is 7. The first-order valence-electron chi connectivity index (χ1n) is 10.9. The van der Waals surface area contributed by atoms with Crippen molar-refractivity contribution in [2.24, 2.45) is 0 Å². The number of likely N-dealkylation sites (tertiary alicyclic amines) is 1. The first kappa shape index (κ1) is 23.3.